The maximum Gasteiger partial charge on any atom is 0.118 e. The SMILES string of the molecule is c1csc(COC[C@@H]2CCC[C@@]23CN(Cc2ccoc2)CCO3)n1. The summed E-state index contributed by atoms with van der Waals surface area (Å²) in [5.74, 6) is 0.476. The number of hydrogen-bond donors (Lipinski definition) is 0. The van der Waals surface area contributed by atoms with Crippen molar-refractivity contribution in [3.63, 3.8) is 0 Å². The predicted molar refractivity (Wildman–Crippen MR) is 91.8 cm³/mol. The van der Waals surface area contributed by atoms with Crippen molar-refractivity contribution >= 4 is 11.3 Å². The van der Waals surface area contributed by atoms with Gasteiger partial charge in [-0.15, -0.1) is 11.3 Å². The van der Waals surface area contributed by atoms with E-state index in [0.717, 1.165) is 44.3 Å². The van der Waals surface area contributed by atoms with Gasteiger partial charge >= 0.3 is 0 Å². The van der Waals surface area contributed by atoms with Crippen LogP contribution in [0, 0.1) is 5.92 Å². The molecule has 0 radical (unpaired) electrons. The lowest BCUT2D eigenvalue weighted by Crippen LogP contribution is -2.54. The van der Waals surface area contributed by atoms with Crippen molar-refractivity contribution in [2.24, 2.45) is 5.92 Å². The van der Waals surface area contributed by atoms with E-state index in [2.05, 4.69) is 9.88 Å². The third-order valence-corrected chi connectivity index (χ3v) is 5.95. The summed E-state index contributed by atoms with van der Waals surface area (Å²) >= 11 is 1.65. The van der Waals surface area contributed by atoms with Gasteiger partial charge in [-0.3, -0.25) is 4.90 Å². The topological polar surface area (TPSA) is 47.7 Å². The molecule has 0 unspecified atom stereocenters. The van der Waals surface area contributed by atoms with Gasteiger partial charge in [0.05, 0.1) is 37.9 Å². The summed E-state index contributed by atoms with van der Waals surface area (Å²) in [4.78, 5) is 6.78. The van der Waals surface area contributed by atoms with Crippen molar-refractivity contribution < 1.29 is 13.9 Å². The molecule has 1 saturated carbocycles. The first-order valence-corrected chi connectivity index (χ1v) is 9.55. The fourth-order valence-electron chi connectivity index (χ4n) is 4.02. The van der Waals surface area contributed by atoms with Crippen LogP contribution in [0.1, 0.15) is 29.8 Å². The Balaban J connectivity index is 1.35. The smallest absolute Gasteiger partial charge is 0.118 e. The Kier molecular flexibility index (Phi) is 4.98. The third-order valence-electron chi connectivity index (χ3n) is 5.20. The van der Waals surface area contributed by atoms with E-state index < -0.39 is 0 Å². The lowest BCUT2D eigenvalue weighted by Gasteiger charge is -2.44. The van der Waals surface area contributed by atoms with Gasteiger partial charge in [0.15, 0.2) is 0 Å². The molecule has 3 heterocycles. The molecule has 2 aromatic rings. The van der Waals surface area contributed by atoms with Gasteiger partial charge in [-0.2, -0.15) is 0 Å². The Hall–Kier alpha value is -1.21. The average Bonchev–Trinajstić information content (AvgIpc) is 3.32. The predicted octanol–water partition coefficient (Wildman–Crippen LogP) is 3.32. The molecule has 1 saturated heterocycles. The van der Waals surface area contributed by atoms with Gasteiger partial charge in [0.25, 0.3) is 0 Å². The maximum atomic E-state index is 6.32. The Morgan fingerprint density at radius 2 is 2.46 bits per heavy atom. The minimum absolute atomic E-state index is 0.0368. The Morgan fingerprint density at radius 3 is 3.29 bits per heavy atom. The highest BCUT2D eigenvalue weighted by Gasteiger charge is 2.46. The van der Waals surface area contributed by atoms with Crippen LogP contribution < -0.4 is 0 Å². The molecule has 130 valence electrons. The first-order chi connectivity index (χ1) is 11.8. The molecule has 1 aliphatic heterocycles. The molecular weight excluding hydrogens is 324 g/mol. The van der Waals surface area contributed by atoms with Crippen LogP contribution in [0.5, 0.6) is 0 Å². The first-order valence-electron chi connectivity index (χ1n) is 8.68. The highest BCUT2D eigenvalue weighted by molar-refractivity contribution is 7.09. The molecule has 4 rings (SSSR count). The number of ether oxygens (including phenoxy) is 2. The number of furan rings is 1. The second-order valence-corrected chi connectivity index (χ2v) is 7.76. The van der Waals surface area contributed by atoms with Crippen molar-refractivity contribution in [1.29, 1.82) is 0 Å². The second kappa shape index (κ2) is 7.35. The zero-order valence-corrected chi connectivity index (χ0v) is 14.7. The summed E-state index contributed by atoms with van der Waals surface area (Å²) in [6, 6.07) is 2.05. The van der Waals surface area contributed by atoms with Gasteiger partial charge in [-0.05, 0) is 18.9 Å². The quantitative estimate of drug-likeness (QED) is 0.801. The number of rotatable bonds is 6. The number of thiazole rings is 1. The Bertz CT molecular complexity index is 616. The minimum Gasteiger partial charge on any atom is -0.472 e. The lowest BCUT2D eigenvalue weighted by atomic mass is 9.89. The summed E-state index contributed by atoms with van der Waals surface area (Å²) in [7, 11) is 0. The highest BCUT2D eigenvalue weighted by Crippen LogP contribution is 2.41. The van der Waals surface area contributed by atoms with E-state index in [1.54, 1.807) is 17.6 Å². The van der Waals surface area contributed by atoms with Crippen LogP contribution in [-0.4, -0.2) is 41.8 Å². The third kappa shape index (κ3) is 3.57. The molecule has 2 atom stereocenters. The van der Waals surface area contributed by atoms with Crippen LogP contribution >= 0.6 is 11.3 Å². The monoisotopic (exact) mass is 348 g/mol. The first kappa shape index (κ1) is 16.3. The van der Waals surface area contributed by atoms with E-state index in [1.165, 1.54) is 18.4 Å². The summed E-state index contributed by atoms with van der Waals surface area (Å²) in [6.45, 7) is 5.10. The van der Waals surface area contributed by atoms with Crippen molar-refractivity contribution in [2.75, 3.05) is 26.3 Å². The molecule has 1 aliphatic carbocycles. The molecule has 2 aliphatic rings. The van der Waals surface area contributed by atoms with Gasteiger partial charge in [0.2, 0.25) is 0 Å². The molecule has 2 fully saturated rings. The van der Waals surface area contributed by atoms with Crippen LogP contribution in [0.15, 0.2) is 34.6 Å². The zero-order chi connectivity index (χ0) is 16.2. The highest BCUT2D eigenvalue weighted by atomic mass is 32.1. The normalized spacial score (nSPS) is 27.9. The maximum absolute atomic E-state index is 6.32. The molecule has 5 nitrogen and oxygen atoms in total. The Labute approximate surface area is 146 Å². The van der Waals surface area contributed by atoms with E-state index in [-0.39, 0.29) is 5.60 Å². The molecule has 6 heteroatoms. The van der Waals surface area contributed by atoms with Gasteiger partial charge in [-0.1, -0.05) is 6.42 Å². The summed E-state index contributed by atoms with van der Waals surface area (Å²) < 4.78 is 17.5. The number of morpholine rings is 1. The van der Waals surface area contributed by atoms with Crippen LogP contribution in [0.2, 0.25) is 0 Å². The van der Waals surface area contributed by atoms with Crippen LogP contribution in [0.4, 0.5) is 0 Å². The van der Waals surface area contributed by atoms with Crippen molar-refractivity contribution in [2.45, 2.75) is 38.0 Å². The summed E-state index contributed by atoms with van der Waals surface area (Å²) in [5, 5.41) is 3.04. The van der Waals surface area contributed by atoms with Gasteiger partial charge < -0.3 is 13.9 Å². The molecule has 0 bridgehead atoms. The van der Waals surface area contributed by atoms with Crippen LogP contribution in [0.3, 0.4) is 0 Å². The molecule has 24 heavy (non-hydrogen) atoms. The summed E-state index contributed by atoms with van der Waals surface area (Å²) in [6.07, 6.45) is 8.97. The fraction of sp³-hybridized carbons (Fsp3) is 0.611. The molecule has 0 aromatic carbocycles. The minimum atomic E-state index is -0.0368. The van der Waals surface area contributed by atoms with Crippen LogP contribution in [-0.2, 0) is 22.6 Å². The summed E-state index contributed by atoms with van der Waals surface area (Å²) in [5.41, 5.74) is 1.20. The average molecular weight is 348 g/mol. The molecule has 0 amide bonds. The van der Waals surface area contributed by atoms with E-state index in [0.29, 0.717) is 12.5 Å². The van der Waals surface area contributed by atoms with E-state index in [4.69, 9.17) is 13.9 Å². The fourth-order valence-corrected chi connectivity index (χ4v) is 4.57. The van der Waals surface area contributed by atoms with E-state index in [9.17, 15) is 0 Å². The standard InChI is InChI=1S/C18H24N2O3S/c1-2-16(12-22-13-17-19-5-9-24-17)18(4-1)14-20(6-8-23-18)10-15-3-7-21-11-15/h3,5,7,9,11,16H,1-2,4,6,8,10,12-14H2/t16-,18+/m0/s1. The zero-order valence-electron chi connectivity index (χ0n) is 13.9. The van der Waals surface area contributed by atoms with E-state index >= 15 is 0 Å². The van der Waals surface area contributed by atoms with E-state index in [1.807, 2.05) is 23.9 Å². The number of aromatic nitrogens is 1. The number of nitrogens with zero attached hydrogens (tertiary/aromatic N) is 2. The van der Waals surface area contributed by atoms with Gasteiger partial charge in [0, 0.05) is 42.7 Å². The van der Waals surface area contributed by atoms with Crippen molar-refractivity contribution in [1.82, 2.24) is 9.88 Å². The molecule has 0 N–H and O–H groups in total. The van der Waals surface area contributed by atoms with Crippen LogP contribution in [0.25, 0.3) is 0 Å². The second-order valence-electron chi connectivity index (χ2n) is 6.79. The molecular formula is C18H24N2O3S. The molecule has 2 aromatic heterocycles. The number of hydrogen-bond acceptors (Lipinski definition) is 6. The van der Waals surface area contributed by atoms with Crippen molar-refractivity contribution in [3.8, 4) is 0 Å². The van der Waals surface area contributed by atoms with Crippen molar-refractivity contribution in [3.05, 3.63) is 40.7 Å². The Morgan fingerprint density at radius 1 is 1.46 bits per heavy atom. The molecule has 1 spiro atoms. The lowest BCUT2D eigenvalue weighted by molar-refractivity contribution is -0.144. The van der Waals surface area contributed by atoms with Gasteiger partial charge in [0.1, 0.15) is 5.01 Å². The largest absolute Gasteiger partial charge is 0.472 e. The van der Waals surface area contributed by atoms with Gasteiger partial charge in [-0.25, -0.2) is 4.98 Å².